The Morgan fingerprint density at radius 1 is 1.40 bits per heavy atom. The van der Waals surface area contributed by atoms with E-state index in [1.165, 1.54) is 29.2 Å². The molecule has 5 unspecified atom stereocenters. The van der Waals surface area contributed by atoms with Crippen LogP contribution >= 0.6 is 0 Å². The van der Waals surface area contributed by atoms with E-state index in [1.54, 1.807) is 12.2 Å². The maximum Gasteiger partial charge on any atom is 0.234 e. The van der Waals surface area contributed by atoms with Crippen LogP contribution in [0.2, 0.25) is 0 Å². The molecule has 3 aliphatic heterocycles. The molecule has 5 atom stereocenters. The van der Waals surface area contributed by atoms with Crippen LogP contribution in [0.5, 0.6) is 0 Å². The highest BCUT2D eigenvalue weighted by Crippen LogP contribution is 2.56. The molecule has 5 nitrogen and oxygen atoms in total. The zero-order valence-corrected chi connectivity index (χ0v) is 13.6. The summed E-state index contributed by atoms with van der Waals surface area (Å²) in [6.45, 7) is 5.77. The number of fused-ring (bicyclic) bond motifs is 1. The van der Waals surface area contributed by atoms with Gasteiger partial charge in [-0.3, -0.25) is 4.79 Å². The topological polar surface area (TPSA) is 69.7 Å². The maximum absolute atomic E-state index is 13.3. The average Bonchev–Trinajstić information content (AvgIpc) is 3.18. The second-order valence-corrected chi connectivity index (χ2v) is 6.98. The van der Waals surface area contributed by atoms with Gasteiger partial charge in [0.05, 0.1) is 18.1 Å². The van der Waals surface area contributed by atoms with E-state index < -0.39 is 41.4 Å². The molecule has 0 saturated carbocycles. The first kappa shape index (κ1) is 16.0. The van der Waals surface area contributed by atoms with Crippen LogP contribution in [0.1, 0.15) is 13.3 Å². The first-order chi connectivity index (χ1) is 11.8. The Kier molecular flexibility index (Phi) is 3.37. The lowest BCUT2D eigenvalue weighted by Gasteiger charge is -2.33. The van der Waals surface area contributed by atoms with Gasteiger partial charge >= 0.3 is 0 Å². The van der Waals surface area contributed by atoms with Gasteiger partial charge in [0.15, 0.2) is 0 Å². The number of carbonyl (C=O) groups is 2. The van der Waals surface area contributed by atoms with Gasteiger partial charge in [-0.25, -0.2) is 4.39 Å². The van der Waals surface area contributed by atoms with Crippen LogP contribution in [0, 0.1) is 17.7 Å². The van der Waals surface area contributed by atoms with Crippen molar-refractivity contribution in [2.24, 2.45) is 11.8 Å². The molecule has 1 aromatic carbocycles. The SMILES string of the molecule is C=C(C)CC1N(c2ccc(F)cc2)C(=O)C2C(C(=O)[O-])C3C=CC21O3. The Morgan fingerprint density at radius 2 is 2.08 bits per heavy atom. The summed E-state index contributed by atoms with van der Waals surface area (Å²) in [5.74, 6) is -3.89. The molecular weight excluding hydrogens is 325 g/mol. The summed E-state index contributed by atoms with van der Waals surface area (Å²) in [7, 11) is 0. The minimum Gasteiger partial charge on any atom is -0.550 e. The third-order valence-electron chi connectivity index (χ3n) is 5.34. The third kappa shape index (κ3) is 2.10. The van der Waals surface area contributed by atoms with Crippen molar-refractivity contribution in [3.05, 3.63) is 54.4 Å². The van der Waals surface area contributed by atoms with Crippen molar-refractivity contribution < 1.29 is 23.8 Å². The molecule has 1 amide bonds. The number of hydrogen-bond donors (Lipinski definition) is 0. The number of carboxylic acids is 1. The van der Waals surface area contributed by atoms with E-state index in [1.807, 2.05) is 6.92 Å². The Morgan fingerprint density at radius 3 is 2.68 bits per heavy atom. The third-order valence-corrected chi connectivity index (χ3v) is 5.34. The fourth-order valence-corrected chi connectivity index (χ4v) is 4.41. The van der Waals surface area contributed by atoms with Crippen molar-refractivity contribution in [2.45, 2.75) is 31.1 Å². The second-order valence-electron chi connectivity index (χ2n) is 6.98. The predicted octanol–water partition coefficient (Wildman–Crippen LogP) is 1.20. The van der Waals surface area contributed by atoms with E-state index in [-0.39, 0.29) is 5.91 Å². The van der Waals surface area contributed by atoms with Crippen molar-refractivity contribution in [1.82, 2.24) is 0 Å². The molecule has 25 heavy (non-hydrogen) atoms. The van der Waals surface area contributed by atoms with Crippen LogP contribution in [0.25, 0.3) is 0 Å². The van der Waals surface area contributed by atoms with Crippen LogP contribution in [0.4, 0.5) is 10.1 Å². The first-order valence-corrected chi connectivity index (χ1v) is 8.16. The number of carboxylic acid groups (broad SMARTS) is 1. The average molecular weight is 342 g/mol. The quantitative estimate of drug-likeness (QED) is 0.771. The summed E-state index contributed by atoms with van der Waals surface area (Å²) in [5, 5.41) is 11.6. The van der Waals surface area contributed by atoms with Crippen LogP contribution in [-0.4, -0.2) is 29.6 Å². The van der Waals surface area contributed by atoms with Crippen molar-refractivity contribution in [2.75, 3.05) is 4.90 Å². The van der Waals surface area contributed by atoms with E-state index in [0.717, 1.165) is 5.57 Å². The summed E-state index contributed by atoms with van der Waals surface area (Å²) in [6, 6.07) is 5.15. The molecule has 0 aliphatic carbocycles. The summed E-state index contributed by atoms with van der Waals surface area (Å²) >= 11 is 0. The molecular formula is C19H17FNO4-. The van der Waals surface area contributed by atoms with Crippen LogP contribution < -0.4 is 10.0 Å². The van der Waals surface area contributed by atoms with Gasteiger partial charge in [-0.1, -0.05) is 17.7 Å². The normalized spacial score (nSPS) is 35.3. The Hall–Kier alpha value is -2.47. The van der Waals surface area contributed by atoms with Crippen molar-refractivity contribution >= 4 is 17.6 Å². The van der Waals surface area contributed by atoms with Crippen molar-refractivity contribution in [1.29, 1.82) is 0 Å². The minimum absolute atomic E-state index is 0.334. The number of halogens is 1. The molecule has 3 heterocycles. The van der Waals surface area contributed by atoms with E-state index in [4.69, 9.17) is 4.74 Å². The summed E-state index contributed by atoms with van der Waals surface area (Å²) in [5.41, 5.74) is 0.344. The van der Waals surface area contributed by atoms with Crippen molar-refractivity contribution in [3.8, 4) is 0 Å². The second kappa shape index (κ2) is 5.26. The Balaban J connectivity index is 1.84. The first-order valence-electron chi connectivity index (χ1n) is 8.16. The predicted molar refractivity (Wildman–Crippen MR) is 85.8 cm³/mol. The number of anilines is 1. The van der Waals surface area contributed by atoms with Crippen LogP contribution in [0.3, 0.4) is 0 Å². The number of aliphatic carboxylic acids is 1. The molecule has 0 N–H and O–H groups in total. The lowest BCUT2D eigenvalue weighted by atomic mass is 9.74. The number of ether oxygens (including phenoxy) is 1. The number of rotatable bonds is 4. The zero-order valence-electron chi connectivity index (χ0n) is 13.6. The smallest absolute Gasteiger partial charge is 0.234 e. The van der Waals surface area contributed by atoms with Crippen LogP contribution in [-0.2, 0) is 14.3 Å². The highest BCUT2D eigenvalue weighted by atomic mass is 19.1. The monoisotopic (exact) mass is 342 g/mol. The fraction of sp³-hybridized carbons (Fsp3) is 0.368. The number of nitrogens with zero attached hydrogens (tertiary/aromatic N) is 1. The molecule has 3 aliphatic rings. The highest BCUT2D eigenvalue weighted by Gasteiger charge is 2.69. The molecule has 2 fully saturated rings. The van der Waals surface area contributed by atoms with E-state index in [0.29, 0.717) is 12.1 Å². The summed E-state index contributed by atoms with van der Waals surface area (Å²) < 4.78 is 19.3. The molecule has 4 rings (SSSR count). The minimum atomic E-state index is -1.29. The van der Waals surface area contributed by atoms with Gasteiger partial charge in [-0.15, -0.1) is 6.58 Å². The molecule has 2 saturated heterocycles. The molecule has 2 bridgehead atoms. The van der Waals surface area contributed by atoms with E-state index >= 15 is 0 Å². The van der Waals surface area contributed by atoms with E-state index in [2.05, 4.69) is 6.58 Å². The summed E-state index contributed by atoms with van der Waals surface area (Å²) in [6.07, 6.45) is 3.30. The lowest BCUT2D eigenvalue weighted by Crippen LogP contribution is -2.46. The number of benzene rings is 1. The molecule has 1 aromatic rings. The molecule has 6 heteroatoms. The highest BCUT2D eigenvalue weighted by molar-refractivity contribution is 6.03. The number of hydrogen-bond acceptors (Lipinski definition) is 4. The van der Waals surface area contributed by atoms with Crippen LogP contribution in [0.15, 0.2) is 48.6 Å². The van der Waals surface area contributed by atoms with Gasteiger partial charge in [0.2, 0.25) is 5.91 Å². The molecule has 1 spiro atoms. The summed E-state index contributed by atoms with van der Waals surface area (Å²) in [4.78, 5) is 26.3. The largest absolute Gasteiger partial charge is 0.550 e. The van der Waals surface area contributed by atoms with Gasteiger partial charge in [-0.2, -0.15) is 0 Å². The van der Waals surface area contributed by atoms with Gasteiger partial charge < -0.3 is 19.5 Å². The number of carbonyl (C=O) groups excluding carboxylic acids is 2. The van der Waals surface area contributed by atoms with Gasteiger partial charge in [0.25, 0.3) is 0 Å². The number of amides is 1. The molecule has 0 aromatic heterocycles. The Bertz CT molecular complexity index is 802. The lowest BCUT2D eigenvalue weighted by molar-refractivity contribution is -0.313. The molecule has 130 valence electrons. The fourth-order valence-electron chi connectivity index (χ4n) is 4.41. The van der Waals surface area contributed by atoms with Gasteiger partial charge in [0, 0.05) is 17.6 Å². The van der Waals surface area contributed by atoms with Gasteiger partial charge in [0.1, 0.15) is 11.4 Å². The van der Waals surface area contributed by atoms with Gasteiger partial charge in [-0.05, 0) is 37.6 Å². The zero-order chi connectivity index (χ0) is 17.9. The Labute approximate surface area is 144 Å². The molecule has 0 radical (unpaired) electrons. The standard InChI is InChI=1S/C19H18FNO4/c1-10(2)9-14-19-8-7-13(25-19)15(18(23)24)16(19)17(22)21(14)12-5-3-11(20)4-6-12/h3-8,13-16H,1,9H2,2H3,(H,23,24)/p-1. The van der Waals surface area contributed by atoms with E-state index in [9.17, 15) is 19.1 Å². The maximum atomic E-state index is 13.3. The van der Waals surface area contributed by atoms with Crippen molar-refractivity contribution in [3.63, 3.8) is 0 Å².